The molecule has 0 saturated carbocycles. The van der Waals surface area contributed by atoms with Crippen LogP contribution >= 0.6 is 15.9 Å². The van der Waals surface area contributed by atoms with Gasteiger partial charge < -0.3 is 5.11 Å². The smallest absolute Gasteiger partial charge is 0.138 e. The van der Waals surface area contributed by atoms with E-state index in [-0.39, 0.29) is 6.04 Å². The van der Waals surface area contributed by atoms with Gasteiger partial charge in [0.1, 0.15) is 6.10 Å². The van der Waals surface area contributed by atoms with Crippen LogP contribution in [0.5, 0.6) is 0 Å². The van der Waals surface area contributed by atoms with Crippen LogP contribution in [0.3, 0.4) is 0 Å². The summed E-state index contributed by atoms with van der Waals surface area (Å²) >= 11 is 3.42. The third-order valence-corrected chi connectivity index (χ3v) is 3.29. The van der Waals surface area contributed by atoms with Crippen LogP contribution in [0.4, 0.5) is 0 Å². The van der Waals surface area contributed by atoms with Gasteiger partial charge in [0.05, 0.1) is 22.1 Å². The van der Waals surface area contributed by atoms with Gasteiger partial charge in [0.15, 0.2) is 0 Å². The molecule has 2 aromatic heterocycles. The summed E-state index contributed by atoms with van der Waals surface area (Å²) < 4.78 is 4.27. The summed E-state index contributed by atoms with van der Waals surface area (Å²) in [5.74, 6) is 0. The van der Waals surface area contributed by atoms with Crippen molar-refractivity contribution in [2.75, 3.05) is 0 Å². The molecule has 0 aliphatic rings. The summed E-state index contributed by atoms with van der Waals surface area (Å²) in [5.41, 5.74) is 1.50. The van der Waals surface area contributed by atoms with Gasteiger partial charge in [-0.05, 0) is 35.8 Å². The number of aromatic nitrogens is 4. The molecule has 1 atom stereocenters. The molecule has 0 amide bonds. The third-order valence-electron chi connectivity index (χ3n) is 2.67. The average molecular weight is 299 g/mol. The fourth-order valence-corrected chi connectivity index (χ4v) is 2.30. The van der Waals surface area contributed by atoms with Crippen LogP contribution in [0.1, 0.15) is 37.4 Å². The highest BCUT2D eigenvalue weighted by molar-refractivity contribution is 9.10. The van der Waals surface area contributed by atoms with Gasteiger partial charge in [0, 0.05) is 19.3 Å². The Kier molecular flexibility index (Phi) is 3.35. The van der Waals surface area contributed by atoms with Crippen molar-refractivity contribution < 1.29 is 5.11 Å². The molecule has 1 unspecified atom stereocenters. The molecule has 0 aliphatic heterocycles. The highest BCUT2D eigenvalue weighted by Gasteiger charge is 2.22. The van der Waals surface area contributed by atoms with Crippen LogP contribution in [0.15, 0.2) is 22.9 Å². The fraction of sp³-hybridized carbons (Fsp3) is 0.455. The normalized spacial score (nSPS) is 13.3. The van der Waals surface area contributed by atoms with E-state index in [1.807, 2.05) is 25.6 Å². The van der Waals surface area contributed by atoms with E-state index in [1.54, 1.807) is 23.1 Å². The fourth-order valence-electron chi connectivity index (χ4n) is 1.81. The molecule has 0 bridgehead atoms. The maximum atomic E-state index is 10.4. The van der Waals surface area contributed by atoms with Crippen LogP contribution < -0.4 is 0 Å². The summed E-state index contributed by atoms with van der Waals surface area (Å²) in [6.07, 6.45) is 2.64. The van der Waals surface area contributed by atoms with Crippen molar-refractivity contribution in [1.29, 1.82) is 0 Å². The van der Waals surface area contributed by atoms with E-state index in [1.165, 1.54) is 0 Å². The summed E-state index contributed by atoms with van der Waals surface area (Å²) in [4.78, 5) is 0. The van der Waals surface area contributed by atoms with Crippen molar-refractivity contribution in [1.82, 2.24) is 19.6 Å². The Bertz CT molecular complexity index is 517. The largest absolute Gasteiger partial charge is 0.380 e. The van der Waals surface area contributed by atoms with Crippen molar-refractivity contribution >= 4 is 15.9 Å². The zero-order valence-electron chi connectivity index (χ0n) is 10.0. The van der Waals surface area contributed by atoms with Crippen LogP contribution in [0.25, 0.3) is 0 Å². The van der Waals surface area contributed by atoms with E-state index in [0.29, 0.717) is 0 Å². The number of nitrogens with zero attached hydrogens (tertiary/aromatic N) is 4. The molecule has 2 aromatic rings. The minimum absolute atomic E-state index is 0.194. The zero-order chi connectivity index (χ0) is 12.6. The van der Waals surface area contributed by atoms with Crippen LogP contribution in [0.2, 0.25) is 0 Å². The first-order valence-electron chi connectivity index (χ1n) is 5.41. The van der Waals surface area contributed by atoms with Crippen molar-refractivity contribution in [2.24, 2.45) is 7.05 Å². The van der Waals surface area contributed by atoms with Crippen molar-refractivity contribution in [3.05, 3.63) is 34.3 Å². The van der Waals surface area contributed by atoms with Gasteiger partial charge in [-0.3, -0.25) is 9.36 Å². The molecule has 6 heteroatoms. The minimum atomic E-state index is -0.734. The molecule has 1 N–H and O–H groups in total. The van der Waals surface area contributed by atoms with E-state index >= 15 is 0 Å². The number of halogens is 1. The van der Waals surface area contributed by atoms with E-state index in [2.05, 4.69) is 26.1 Å². The predicted molar refractivity (Wildman–Crippen MR) is 67.6 cm³/mol. The number of aryl methyl sites for hydroxylation is 1. The molecule has 92 valence electrons. The second kappa shape index (κ2) is 4.62. The standard InChI is InChI=1S/C11H15BrN4O/c1-7(2)16-10(8(12)6-14-16)11(17)9-4-5-13-15(9)3/h4-7,11,17H,1-3H3. The van der Waals surface area contributed by atoms with Crippen LogP contribution in [-0.2, 0) is 7.05 Å². The van der Waals surface area contributed by atoms with E-state index in [4.69, 9.17) is 0 Å². The van der Waals surface area contributed by atoms with E-state index in [9.17, 15) is 5.11 Å². The van der Waals surface area contributed by atoms with Gasteiger partial charge in [-0.1, -0.05) is 0 Å². The monoisotopic (exact) mass is 298 g/mol. The van der Waals surface area contributed by atoms with Crippen molar-refractivity contribution in [3.63, 3.8) is 0 Å². The SMILES string of the molecule is CC(C)n1ncc(Br)c1C(O)c1ccnn1C. The van der Waals surface area contributed by atoms with E-state index in [0.717, 1.165) is 15.9 Å². The highest BCUT2D eigenvalue weighted by atomic mass is 79.9. The first-order valence-corrected chi connectivity index (χ1v) is 6.20. The quantitative estimate of drug-likeness (QED) is 0.943. The maximum Gasteiger partial charge on any atom is 0.138 e. The first-order chi connectivity index (χ1) is 8.02. The third kappa shape index (κ3) is 2.14. The van der Waals surface area contributed by atoms with Crippen molar-refractivity contribution in [2.45, 2.75) is 26.0 Å². The lowest BCUT2D eigenvalue weighted by Crippen LogP contribution is -2.15. The molecule has 2 rings (SSSR count). The Hall–Kier alpha value is -1.14. The molecular formula is C11H15BrN4O. The number of rotatable bonds is 3. The molecule has 2 heterocycles. The lowest BCUT2D eigenvalue weighted by Gasteiger charge is -2.16. The van der Waals surface area contributed by atoms with Crippen molar-refractivity contribution in [3.8, 4) is 0 Å². The molecular weight excluding hydrogens is 284 g/mol. The zero-order valence-corrected chi connectivity index (χ0v) is 11.6. The topological polar surface area (TPSA) is 55.9 Å². The summed E-state index contributed by atoms with van der Waals surface area (Å²) in [6, 6.07) is 1.99. The Morgan fingerprint density at radius 1 is 1.35 bits per heavy atom. The molecule has 0 radical (unpaired) electrons. The second-order valence-corrected chi connectivity index (χ2v) is 5.05. The summed E-state index contributed by atoms with van der Waals surface area (Å²) in [6.45, 7) is 4.05. The van der Waals surface area contributed by atoms with E-state index < -0.39 is 6.10 Å². The second-order valence-electron chi connectivity index (χ2n) is 4.20. The molecule has 17 heavy (non-hydrogen) atoms. The molecule has 5 nitrogen and oxygen atoms in total. The molecule has 0 aromatic carbocycles. The lowest BCUT2D eigenvalue weighted by molar-refractivity contribution is 0.194. The predicted octanol–water partition coefficient (Wildman–Crippen LogP) is 2.04. The van der Waals surface area contributed by atoms with Gasteiger partial charge in [-0.15, -0.1) is 0 Å². The number of aliphatic hydroxyl groups is 1. The lowest BCUT2D eigenvalue weighted by atomic mass is 10.2. The highest BCUT2D eigenvalue weighted by Crippen LogP contribution is 2.29. The van der Waals surface area contributed by atoms with Gasteiger partial charge in [-0.2, -0.15) is 10.2 Å². The maximum absolute atomic E-state index is 10.4. The molecule has 0 aliphatic carbocycles. The Labute approximate surface area is 108 Å². The summed E-state index contributed by atoms with van der Waals surface area (Å²) in [5, 5.41) is 18.7. The van der Waals surface area contributed by atoms with Crippen LogP contribution in [0, 0.1) is 0 Å². The van der Waals surface area contributed by atoms with Gasteiger partial charge in [0.2, 0.25) is 0 Å². The number of hydrogen-bond acceptors (Lipinski definition) is 3. The Balaban J connectivity index is 2.47. The molecule has 0 fully saturated rings. The summed E-state index contributed by atoms with van der Waals surface area (Å²) in [7, 11) is 1.81. The Morgan fingerprint density at radius 2 is 2.06 bits per heavy atom. The minimum Gasteiger partial charge on any atom is -0.380 e. The number of hydrogen-bond donors (Lipinski definition) is 1. The first kappa shape index (κ1) is 12.3. The van der Waals surface area contributed by atoms with Gasteiger partial charge >= 0.3 is 0 Å². The molecule has 0 saturated heterocycles. The average Bonchev–Trinajstić information content (AvgIpc) is 2.83. The Morgan fingerprint density at radius 3 is 2.59 bits per heavy atom. The van der Waals surface area contributed by atoms with Crippen LogP contribution in [-0.4, -0.2) is 24.7 Å². The molecule has 0 spiro atoms. The van der Waals surface area contributed by atoms with Gasteiger partial charge in [-0.25, -0.2) is 0 Å². The number of aliphatic hydroxyl groups excluding tert-OH is 1. The van der Waals surface area contributed by atoms with Gasteiger partial charge in [0.25, 0.3) is 0 Å².